The lowest BCUT2D eigenvalue weighted by Gasteiger charge is -2.35. The molecule has 6 nitrogen and oxygen atoms in total. The number of rotatable bonds is 2. The smallest absolute Gasteiger partial charge is 0.224 e. The molecule has 0 bridgehead atoms. The van der Waals surface area contributed by atoms with Gasteiger partial charge in [-0.2, -0.15) is 4.98 Å². The number of aromatic nitrogens is 4. The van der Waals surface area contributed by atoms with Crippen LogP contribution < -0.4 is 9.80 Å². The molecule has 0 aromatic carbocycles. The Labute approximate surface area is 122 Å². The van der Waals surface area contributed by atoms with E-state index in [0.29, 0.717) is 0 Å². The zero-order chi connectivity index (χ0) is 14.3. The Balaban J connectivity index is 2.04. The van der Waals surface area contributed by atoms with Crippen molar-refractivity contribution in [2.45, 2.75) is 19.4 Å². The summed E-state index contributed by atoms with van der Waals surface area (Å²) in [7, 11) is 3.95. The molecule has 0 saturated carbocycles. The maximum atomic E-state index is 5.98. The lowest BCUT2D eigenvalue weighted by atomic mass is 10.0. The second-order valence-electron chi connectivity index (χ2n) is 5.13. The lowest BCUT2D eigenvalue weighted by Crippen LogP contribution is -2.35. The molecule has 1 aliphatic rings. The fraction of sp³-hybridized carbons (Fsp3) is 0.462. The van der Waals surface area contributed by atoms with Crippen molar-refractivity contribution in [2.24, 2.45) is 0 Å². The van der Waals surface area contributed by atoms with Gasteiger partial charge < -0.3 is 14.8 Å². The first-order chi connectivity index (χ1) is 9.58. The van der Waals surface area contributed by atoms with E-state index >= 15 is 0 Å². The Bertz CT molecular complexity index is 623. The van der Waals surface area contributed by atoms with E-state index in [1.54, 1.807) is 12.5 Å². The summed E-state index contributed by atoms with van der Waals surface area (Å²) in [6.45, 7) is 3.01. The first kappa shape index (κ1) is 13.2. The van der Waals surface area contributed by atoms with Gasteiger partial charge in [-0.3, -0.25) is 0 Å². The molecule has 2 aromatic rings. The maximum absolute atomic E-state index is 5.98. The minimum absolute atomic E-state index is 0.162. The molecule has 1 unspecified atom stereocenters. The van der Waals surface area contributed by atoms with Crippen molar-refractivity contribution in [3.63, 3.8) is 0 Å². The normalized spacial score (nSPS) is 18.0. The van der Waals surface area contributed by atoms with Gasteiger partial charge in [0.15, 0.2) is 5.82 Å². The highest BCUT2D eigenvalue weighted by molar-refractivity contribution is 6.28. The van der Waals surface area contributed by atoms with Crippen LogP contribution in [0.1, 0.15) is 24.4 Å². The highest BCUT2D eigenvalue weighted by atomic mass is 35.5. The minimum Gasteiger partial charge on any atom is -0.373 e. The fourth-order valence-electron chi connectivity index (χ4n) is 2.63. The monoisotopic (exact) mass is 292 g/mol. The summed E-state index contributed by atoms with van der Waals surface area (Å²) >= 11 is 5.98. The summed E-state index contributed by atoms with van der Waals surface area (Å²) in [6, 6.07) is 0.162. The standard InChI is InChI=1S/C13H17ClN6/c1-8-11-9(16-7-17-11)4-5-20(8)12-10(19(2)3)6-15-13(14)18-12/h6-8H,4-5H2,1-3H3,(H,16,17). The Hall–Kier alpha value is -1.82. The van der Waals surface area contributed by atoms with E-state index in [4.69, 9.17) is 11.6 Å². The zero-order valence-electron chi connectivity index (χ0n) is 11.8. The van der Waals surface area contributed by atoms with E-state index in [2.05, 4.69) is 31.8 Å². The molecule has 3 rings (SSSR count). The molecule has 1 aliphatic heterocycles. The second kappa shape index (κ2) is 4.94. The van der Waals surface area contributed by atoms with Gasteiger partial charge in [-0.15, -0.1) is 0 Å². The predicted octanol–water partition coefficient (Wildman–Crippen LogP) is 2.04. The minimum atomic E-state index is 0.162. The first-order valence-corrected chi connectivity index (χ1v) is 6.94. The van der Waals surface area contributed by atoms with Gasteiger partial charge in [-0.25, -0.2) is 9.97 Å². The Kier molecular flexibility index (Phi) is 3.25. The van der Waals surface area contributed by atoms with Crippen molar-refractivity contribution in [2.75, 3.05) is 30.4 Å². The van der Waals surface area contributed by atoms with Crippen molar-refractivity contribution < 1.29 is 0 Å². The number of nitrogens with one attached hydrogen (secondary N) is 1. The number of nitrogens with zero attached hydrogens (tertiary/aromatic N) is 5. The molecule has 1 N–H and O–H groups in total. The van der Waals surface area contributed by atoms with Crippen LogP contribution >= 0.6 is 11.6 Å². The van der Waals surface area contributed by atoms with Gasteiger partial charge in [-0.05, 0) is 18.5 Å². The fourth-order valence-corrected chi connectivity index (χ4v) is 2.76. The summed E-state index contributed by atoms with van der Waals surface area (Å²) < 4.78 is 0. The van der Waals surface area contributed by atoms with Crippen LogP contribution in [-0.2, 0) is 6.42 Å². The van der Waals surface area contributed by atoms with Gasteiger partial charge in [-0.1, -0.05) is 0 Å². The van der Waals surface area contributed by atoms with E-state index in [-0.39, 0.29) is 11.3 Å². The molecule has 2 aromatic heterocycles. The number of hydrogen-bond acceptors (Lipinski definition) is 5. The molecule has 3 heterocycles. The average molecular weight is 293 g/mol. The van der Waals surface area contributed by atoms with Gasteiger partial charge in [0.25, 0.3) is 0 Å². The summed E-state index contributed by atoms with van der Waals surface area (Å²) in [4.78, 5) is 20.4. The van der Waals surface area contributed by atoms with Crippen molar-refractivity contribution in [1.29, 1.82) is 0 Å². The number of aromatic amines is 1. The van der Waals surface area contributed by atoms with Crippen molar-refractivity contribution >= 4 is 23.1 Å². The Morgan fingerprint density at radius 2 is 2.20 bits per heavy atom. The SMILES string of the molecule is CC1c2nc[nH]c2CCN1c1nc(Cl)ncc1N(C)C. The van der Waals surface area contributed by atoms with Crippen molar-refractivity contribution in [1.82, 2.24) is 19.9 Å². The third-order valence-electron chi connectivity index (χ3n) is 3.69. The highest BCUT2D eigenvalue weighted by Gasteiger charge is 2.29. The van der Waals surface area contributed by atoms with Gasteiger partial charge in [0.2, 0.25) is 5.28 Å². The average Bonchev–Trinajstić information content (AvgIpc) is 2.88. The van der Waals surface area contributed by atoms with E-state index in [0.717, 1.165) is 30.2 Å². The molecule has 20 heavy (non-hydrogen) atoms. The number of hydrogen-bond donors (Lipinski definition) is 1. The molecular formula is C13H17ClN6. The number of imidazole rings is 1. The van der Waals surface area contributed by atoms with Crippen LogP contribution in [0.2, 0.25) is 5.28 Å². The van der Waals surface area contributed by atoms with E-state index in [9.17, 15) is 0 Å². The molecule has 0 fully saturated rings. The van der Waals surface area contributed by atoms with Crippen LogP contribution in [0.15, 0.2) is 12.5 Å². The summed E-state index contributed by atoms with van der Waals surface area (Å²) in [6.07, 6.45) is 4.44. The molecule has 0 radical (unpaired) electrons. The lowest BCUT2D eigenvalue weighted by molar-refractivity contribution is 0.600. The van der Waals surface area contributed by atoms with Gasteiger partial charge in [0.05, 0.1) is 29.9 Å². The molecular weight excluding hydrogens is 276 g/mol. The number of anilines is 2. The quantitative estimate of drug-likeness (QED) is 0.858. The van der Waals surface area contributed by atoms with Crippen LogP contribution in [0.25, 0.3) is 0 Å². The van der Waals surface area contributed by atoms with Crippen molar-refractivity contribution in [3.8, 4) is 0 Å². The summed E-state index contributed by atoms with van der Waals surface area (Å²) in [5.74, 6) is 0.858. The van der Waals surface area contributed by atoms with Crippen LogP contribution in [0.4, 0.5) is 11.5 Å². The zero-order valence-corrected chi connectivity index (χ0v) is 12.5. The topological polar surface area (TPSA) is 60.9 Å². The molecule has 1 atom stereocenters. The second-order valence-corrected chi connectivity index (χ2v) is 5.47. The number of halogens is 1. The third-order valence-corrected chi connectivity index (χ3v) is 3.87. The molecule has 0 spiro atoms. The third kappa shape index (κ3) is 2.10. The van der Waals surface area contributed by atoms with Crippen LogP contribution in [-0.4, -0.2) is 40.6 Å². The Morgan fingerprint density at radius 1 is 1.40 bits per heavy atom. The van der Waals surface area contributed by atoms with Crippen LogP contribution in [0, 0.1) is 0 Å². The summed E-state index contributed by atoms with van der Waals surface area (Å²) in [5, 5.41) is 0.269. The molecule has 7 heteroatoms. The van der Waals surface area contributed by atoms with Gasteiger partial charge >= 0.3 is 0 Å². The van der Waals surface area contributed by atoms with E-state index in [1.807, 2.05) is 19.0 Å². The van der Waals surface area contributed by atoms with E-state index in [1.165, 1.54) is 5.69 Å². The largest absolute Gasteiger partial charge is 0.373 e. The number of H-pyrrole nitrogens is 1. The maximum Gasteiger partial charge on any atom is 0.224 e. The predicted molar refractivity (Wildman–Crippen MR) is 79.4 cm³/mol. The summed E-state index contributed by atoms with van der Waals surface area (Å²) in [5.41, 5.74) is 3.25. The molecule has 0 amide bonds. The first-order valence-electron chi connectivity index (χ1n) is 6.56. The van der Waals surface area contributed by atoms with Crippen molar-refractivity contribution in [3.05, 3.63) is 29.2 Å². The van der Waals surface area contributed by atoms with E-state index < -0.39 is 0 Å². The number of fused-ring (bicyclic) bond motifs is 1. The van der Waals surface area contributed by atoms with Gasteiger partial charge in [0.1, 0.15) is 0 Å². The van der Waals surface area contributed by atoms with Crippen LogP contribution in [0.3, 0.4) is 0 Å². The Morgan fingerprint density at radius 3 is 2.95 bits per heavy atom. The molecule has 0 aliphatic carbocycles. The van der Waals surface area contributed by atoms with Crippen LogP contribution in [0.5, 0.6) is 0 Å². The highest BCUT2D eigenvalue weighted by Crippen LogP contribution is 2.35. The molecule has 106 valence electrons. The van der Waals surface area contributed by atoms with Gasteiger partial charge in [0, 0.05) is 32.8 Å². The molecule has 0 saturated heterocycles.